The van der Waals surface area contributed by atoms with Crippen molar-refractivity contribution in [1.82, 2.24) is 9.97 Å². The van der Waals surface area contributed by atoms with Gasteiger partial charge in [0.25, 0.3) is 0 Å². The van der Waals surface area contributed by atoms with Crippen molar-refractivity contribution in [3.8, 4) is 11.6 Å². The Bertz CT molecular complexity index is 1000. The van der Waals surface area contributed by atoms with Crippen LogP contribution < -0.4 is 25.4 Å². The third-order valence-corrected chi connectivity index (χ3v) is 4.01. The van der Waals surface area contributed by atoms with Crippen molar-refractivity contribution < 1.29 is 14.3 Å². The van der Waals surface area contributed by atoms with Gasteiger partial charge in [-0.3, -0.25) is 0 Å². The van der Waals surface area contributed by atoms with Crippen molar-refractivity contribution in [1.29, 1.82) is 0 Å². The monoisotopic (exact) mass is 421 g/mol. The van der Waals surface area contributed by atoms with Crippen LogP contribution >= 0.6 is 0 Å². The molecule has 0 fully saturated rings. The van der Waals surface area contributed by atoms with Crippen molar-refractivity contribution >= 4 is 28.9 Å². The fourth-order valence-electron chi connectivity index (χ4n) is 2.79. The van der Waals surface area contributed by atoms with Gasteiger partial charge >= 0.3 is 6.03 Å². The molecule has 162 valence electrons. The number of nitrogens with one attached hydrogen (secondary N) is 3. The fraction of sp³-hybridized carbons (Fsp3) is 0.261. The average Bonchev–Trinajstić information content (AvgIpc) is 2.70. The lowest BCUT2D eigenvalue weighted by atomic mass is 10.2. The summed E-state index contributed by atoms with van der Waals surface area (Å²) >= 11 is 0. The number of carbonyl (C=O) groups excluding carboxylic acids is 1. The minimum absolute atomic E-state index is 0.0289. The highest BCUT2D eigenvalue weighted by Gasteiger charge is 2.07. The van der Waals surface area contributed by atoms with Crippen molar-refractivity contribution in [2.75, 3.05) is 22.6 Å². The average molecular weight is 422 g/mol. The van der Waals surface area contributed by atoms with Crippen LogP contribution in [0.2, 0.25) is 0 Å². The molecule has 0 radical (unpaired) electrons. The van der Waals surface area contributed by atoms with Gasteiger partial charge in [-0.05, 0) is 76.2 Å². The van der Waals surface area contributed by atoms with Gasteiger partial charge < -0.3 is 25.4 Å². The number of anilines is 4. The summed E-state index contributed by atoms with van der Waals surface area (Å²) in [6.07, 6.45) is 0.0289. The predicted molar refractivity (Wildman–Crippen MR) is 123 cm³/mol. The summed E-state index contributed by atoms with van der Waals surface area (Å²) in [4.78, 5) is 20.9. The van der Waals surface area contributed by atoms with E-state index < -0.39 is 0 Å². The molecule has 0 aliphatic rings. The molecule has 0 bridgehead atoms. The van der Waals surface area contributed by atoms with E-state index in [0.717, 1.165) is 11.4 Å². The first-order chi connectivity index (χ1) is 14.9. The number of nitrogens with zero attached hydrogens (tertiary/aromatic N) is 2. The quantitative estimate of drug-likeness (QED) is 0.453. The number of hydrogen-bond acceptors (Lipinski definition) is 6. The van der Waals surface area contributed by atoms with Crippen LogP contribution in [0.15, 0.2) is 54.6 Å². The third kappa shape index (κ3) is 6.88. The number of ether oxygens (including phenoxy) is 2. The zero-order chi connectivity index (χ0) is 22.2. The molecule has 3 N–H and O–H groups in total. The summed E-state index contributed by atoms with van der Waals surface area (Å²) in [7, 11) is 0. The molecule has 8 heteroatoms. The van der Waals surface area contributed by atoms with Crippen LogP contribution in [0.5, 0.6) is 11.6 Å². The maximum absolute atomic E-state index is 12.2. The second-order valence-corrected chi connectivity index (χ2v) is 7.04. The SMILES string of the molecule is CCOc1ccc(NC(=O)Nc2ccc(Nc3cc(OC(C)C)nc(C)n3)cc2)cc1. The standard InChI is InChI=1S/C23H27N5O3/c1-5-30-20-12-10-19(11-13-20)28-23(29)27-18-8-6-17(7-9-18)26-21-14-22(31-15(2)3)25-16(4)24-21/h6-15H,5H2,1-4H3,(H,24,25,26)(H2,27,28,29). The Hall–Kier alpha value is -3.81. The van der Waals surface area contributed by atoms with Crippen LogP contribution in [0, 0.1) is 6.92 Å². The molecule has 0 atom stereocenters. The Balaban J connectivity index is 1.57. The van der Waals surface area contributed by atoms with Crippen LogP contribution in [-0.2, 0) is 0 Å². The number of hydrogen-bond donors (Lipinski definition) is 3. The number of benzene rings is 2. The molecular formula is C23H27N5O3. The maximum atomic E-state index is 12.2. The lowest BCUT2D eigenvalue weighted by Crippen LogP contribution is -2.19. The van der Waals surface area contributed by atoms with Crippen LogP contribution in [0.25, 0.3) is 0 Å². The largest absolute Gasteiger partial charge is 0.494 e. The van der Waals surface area contributed by atoms with Gasteiger partial charge in [-0.1, -0.05) is 0 Å². The van der Waals surface area contributed by atoms with Crippen molar-refractivity contribution in [2.45, 2.75) is 33.8 Å². The van der Waals surface area contributed by atoms with Gasteiger partial charge in [0.05, 0.1) is 12.7 Å². The van der Waals surface area contributed by atoms with Crippen molar-refractivity contribution in [2.24, 2.45) is 0 Å². The van der Waals surface area contributed by atoms with Gasteiger partial charge in [-0.2, -0.15) is 4.98 Å². The van der Waals surface area contributed by atoms with Gasteiger partial charge in [0, 0.05) is 23.1 Å². The zero-order valence-electron chi connectivity index (χ0n) is 18.1. The Morgan fingerprint density at radius 3 is 2.10 bits per heavy atom. The molecule has 0 saturated heterocycles. The third-order valence-electron chi connectivity index (χ3n) is 4.01. The van der Waals surface area contributed by atoms with Crippen LogP contribution in [0.4, 0.5) is 27.7 Å². The van der Waals surface area contributed by atoms with E-state index in [9.17, 15) is 4.79 Å². The highest BCUT2D eigenvalue weighted by molar-refractivity contribution is 5.99. The Morgan fingerprint density at radius 2 is 1.52 bits per heavy atom. The summed E-state index contributed by atoms with van der Waals surface area (Å²) in [5, 5.41) is 8.82. The van der Waals surface area contributed by atoms with Crippen molar-refractivity contribution in [3.05, 3.63) is 60.4 Å². The molecule has 2 amide bonds. The van der Waals surface area contributed by atoms with E-state index in [4.69, 9.17) is 9.47 Å². The molecule has 0 aliphatic carbocycles. The lowest BCUT2D eigenvalue weighted by Gasteiger charge is -2.12. The van der Waals surface area contributed by atoms with Gasteiger partial charge in [0.1, 0.15) is 17.4 Å². The Labute approximate surface area is 182 Å². The van der Waals surface area contributed by atoms with E-state index in [1.54, 1.807) is 30.3 Å². The summed E-state index contributed by atoms with van der Waals surface area (Å²) < 4.78 is 11.0. The molecule has 8 nitrogen and oxygen atoms in total. The number of rotatable bonds is 8. The van der Waals surface area contributed by atoms with Gasteiger partial charge in [0.2, 0.25) is 5.88 Å². The van der Waals surface area contributed by atoms with E-state index in [1.807, 2.05) is 52.0 Å². The highest BCUT2D eigenvalue weighted by Crippen LogP contribution is 2.21. The lowest BCUT2D eigenvalue weighted by molar-refractivity contribution is 0.232. The van der Waals surface area contributed by atoms with E-state index >= 15 is 0 Å². The normalized spacial score (nSPS) is 10.5. The van der Waals surface area contributed by atoms with Gasteiger partial charge in [0.15, 0.2) is 0 Å². The number of amides is 2. The fourth-order valence-corrected chi connectivity index (χ4v) is 2.79. The van der Waals surface area contributed by atoms with Crippen molar-refractivity contribution in [3.63, 3.8) is 0 Å². The van der Waals surface area contributed by atoms with Crippen LogP contribution in [0.1, 0.15) is 26.6 Å². The van der Waals surface area contributed by atoms with E-state index in [2.05, 4.69) is 25.9 Å². The number of aromatic nitrogens is 2. The number of urea groups is 1. The second kappa shape index (κ2) is 10.3. The van der Waals surface area contributed by atoms with E-state index in [0.29, 0.717) is 35.5 Å². The maximum Gasteiger partial charge on any atom is 0.323 e. The van der Waals surface area contributed by atoms with Crippen LogP contribution in [0.3, 0.4) is 0 Å². The molecule has 0 spiro atoms. The molecular weight excluding hydrogens is 394 g/mol. The molecule has 3 aromatic rings. The molecule has 1 heterocycles. The molecule has 2 aromatic carbocycles. The minimum atomic E-state index is -0.327. The van der Waals surface area contributed by atoms with E-state index in [-0.39, 0.29) is 12.1 Å². The molecule has 0 unspecified atom stereocenters. The first kappa shape index (κ1) is 21.9. The summed E-state index contributed by atoms with van der Waals surface area (Å²) in [6, 6.07) is 15.9. The molecule has 0 saturated carbocycles. The summed E-state index contributed by atoms with van der Waals surface area (Å²) in [6.45, 7) is 8.23. The Morgan fingerprint density at radius 1 is 0.935 bits per heavy atom. The van der Waals surface area contributed by atoms with Gasteiger partial charge in [-0.25, -0.2) is 9.78 Å². The second-order valence-electron chi connectivity index (χ2n) is 7.04. The van der Waals surface area contributed by atoms with Crippen LogP contribution in [-0.4, -0.2) is 28.7 Å². The minimum Gasteiger partial charge on any atom is -0.494 e. The predicted octanol–water partition coefficient (Wildman–Crippen LogP) is 5.36. The first-order valence-electron chi connectivity index (χ1n) is 10.1. The van der Waals surface area contributed by atoms with Gasteiger partial charge in [-0.15, -0.1) is 0 Å². The van der Waals surface area contributed by atoms with E-state index in [1.165, 1.54) is 0 Å². The summed E-state index contributed by atoms with van der Waals surface area (Å²) in [5.41, 5.74) is 2.17. The zero-order valence-corrected chi connectivity index (χ0v) is 18.1. The summed E-state index contributed by atoms with van der Waals surface area (Å²) in [5.74, 6) is 2.54. The number of carbonyl (C=O) groups is 1. The first-order valence-corrected chi connectivity index (χ1v) is 10.1. The topological polar surface area (TPSA) is 97.4 Å². The molecule has 1 aromatic heterocycles. The number of aryl methyl sites for hydroxylation is 1. The highest BCUT2D eigenvalue weighted by atomic mass is 16.5. The Kier molecular flexibility index (Phi) is 7.26. The molecule has 3 rings (SSSR count). The smallest absolute Gasteiger partial charge is 0.323 e. The molecule has 31 heavy (non-hydrogen) atoms. The molecule has 0 aliphatic heterocycles.